The number of anilines is 1. The molecule has 1 aromatic carbocycles. The first-order chi connectivity index (χ1) is 10.3. The highest BCUT2D eigenvalue weighted by molar-refractivity contribution is 5.93. The van der Waals surface area contributed by atoms with E-state index in [1.54, 1.807) is 6.20 Å². The molecule has 1 aromatic heterocycles. The van der Waals surface area contributed by atoms with Gasteiger partial charge in [0.15, 0.2) is 0 Å². The fourth-order valence-corrected chi connectivity index (χ4v) is 2.18. The number of carbonyl (C=O) groups excluding carboxylic acids is 1. The van der Waals surface area contributed by atoms with Crippen LogP contribution in [0.1, 0.15) is 18.9 Å². The van der Waals surface area contributed by atoms with Gasteiger partial charge in [-0.15, -0.1) is 0 Å². The molecule has 2 aromatic rings. The average molecular weight is 283 g/mol. The molecule has 0 radical (unpaired) electrons. The minimum Gasteiger partial charge on any atom is -0.313 e. The largest absolute Gasteiger partial charge is 0.313 e. The van der Waals surface area contributed by atoms with Crippen LogP contribution in [0.5, 0.6) is 0 Å². The molecular weight excluding hydrogens is 262 g/mol. The molecule has 0 aliphatic rings. The Morgan fingerprint density at radius 2 is 2.00 bits per heavy atom. The third-order valence-electron chi connectivity index (χ3n) is 3.25. The van der Waals surface area contributed by atoms with Crippen molar-refractivity contribution in [2.45, 2.75) is 19.9 Å². The molecule has 2 rings (SSSR count). The number of hydrogen-bond acceptors (Lipinski definition) is 3. The summed E-state index contributed by atoms with van der Waals surface area (Å²) >= 11 is 0. The maximum atomic E-state index is 12.3. The van der Waals surface area contributed by atoms with Gasteiger partial charge in [0.25, 0.3) is 0 Å². The summed E-state index contributed by atoms with van der Waals surface area (Å²) in [5, 5.41) is 3.28. The highest BCUT2D eigenvalue weighted by atomic mass is 16.2. The van der Waals surface area contributed by atoms with Gasteiger partial charge < -0.3 is 10.2 Å². The van der Waals surface area contributed by atoms with E-state index in [2.05, 4.69) is 10.3 Å². The van der Waals surface area contributed by atoms with Gasteiger partial charge >= 0.3 is 0 Å². The van der Waals surface area contributed by atoms with E-state index in [-0.39, 0.29) is 5.91 Å². The van der Waals surface area contributed by atoms with Gasteiger partial charge in [-0.1, -0.05) is 24.3 Å². The van der Waals surface area contributed by atoms with Gasteiger partial charge in [0.05, 0.1) is 0 Å². The Kier molecular flexibility index (Phi) is 5.91. The highest BCUT2D eigenvalue weighted by Gasteiger charge is 2.12. The normalized spacial score (nSPS) is 10.3. The summed E-state index contributed by atoms with van der Waals surface area (Å²) in [5.74, 6) is 0.141. The number of nitrogens with zero attached hydrogens (tertiary/aromatic N) is 2. The molecule has 0 saturated carbocycles. The van der Waals surface area contributed by atoms with Gasteiger partial charge in [0.1, 0.15) is 0 Å². The van der Waals surface area contributed by atoms with Crippen LogP contribution in [0.2, 0.25) is 0 Å². The first-order valence-electron chi connectivity index (χ1n) is 7.26. The van der Waals surface area contributed by atoms with E-state index < -0.39 is 0 Å². The van der Waals surface area contributed by atoms with Crippen LogP contribution in [-0.4, -0.2) is 24.0 Å². The Bertz CT molecular complexity index is 542. The number of benzene rings is 1. The van der Waals surface area contributed by atoms with E-state index in [1.807, 2.05) is 60.5 Å². The summed E-state index contributed by atoms with van der Waals surface area (Å²) in [6.07, 6.45) is 4.08. The van der Waals surface area contributed by atoms with E-state index in [0.29, 0.717) is 19.5 Å². The molecule has 0 atom stereocenters. The molecule has 1 amide bonds. The van der Waals surface area contributed by atoms with Crippen LogP contribution in [0.3, 0.4) is 0 Å². The van der Waals surface area contributed by atoms with Crippen LogP contribution >= 0.6 is 0 Å². The van der Waals surface area contributed by atoms with Crippen molar-refractivity contribution >= 4 is 11.6 Å². The highest BCUT2D eigenvalue weighted by Crippen LogP contribution is 2.13. The first kappa shape index (κ1) is 15.2. The molecule has 4 heteroatoms. The Balaban J connectivity index is 1.78. The number of nitrogens with one attached hydrogen (secondary N) is 1. The third kappa shape index (κ3) is 4.68. The lowest BCUT2D eigenvalue weighted by Gasteiger charge is -2.21. The summed E-state index contributed by atoms with van der Waals surface area (Å²) < 4.78 is 0. The maximum absolute atomic E-state index is 12.3. The predicted molar refractivity (Wildman–Crippen MR) is 85.0 cm³/mol. The maximum Gasteiger partial charge on any atom is 0.228 e. The van der Waals surface area contributed by atoms with Crippen molar-refractivity contribution in [3.8, 4) is 0 Å². The van der Waals surface area contributed by atoms with Crippen LogP contribution in [0.25, 0.3) is 0 Å². The minimum atomic E-state index is 0.141. The zero-order chi connectivity index (χ0) is 14.9. The monoisotopic (exact) mass is 283 g/mol. The van der Waals surface area contributed by atoms with Gasteiger partial charge in [0, 0.05) is 44.1 Å². The second kappa shape index (κ2) is 8.17. The molecular formula is C17H21N3O. The van der Waals surface area contributed by atoms with E-state index in [4.69, 9.17) is 0 Å². The third-order valence-corrected chi connectivity index (χ3v) is 3.25. The molecule has 0 saturated heterocycles. The molecule has 21 heavy (non-hydrogen) atoms. The van der Waals surface area contributed by atoms with Crippen molar-refractivity contribution < 1.29 is 4.79 Å². The van der Waals surface area contributed by atoms with Gasteiger partial charge in [0.2, 0.25) is 5.91 Å². The molecule has 0 fully saturated rings. The first-order valence-corrected chi connectivity index (χ1v) is 7.26. The Morgan fingerprint density at radius 3 is 2.67 bits per heavy atom. The van der Waals surface area contributed by atoms with Crippen LogP contribution in [0, 0.1) is 0 Å². The SMILES string of the molecule is CCN(C(=O)CCNCc1cccnc1)c1ccccc1. The lowest BCUT2D eigenvalue weighted by Crippen LogP contribution is -2.32. The topological polar surface area (TPSA) is 45.2 Å². The van der Waals surface area contributed by atoms with Crippen molar-refractivity contribution in [1.29, 1.82) is 0 Å². The van der Waals surface area contributed by atoms with E-state index in [0.717, 1.165) is 17.8 Å². The van der Waals surface area contributed by atoms with Crippen molar-refractivity contribution in [1.82, 2.24) is 10.3 Å². The second-order valence-electron chi connectivity index (χ2n) is 4.76. The Labute approximate surface area is 125 Å². The zero-order valence-corrected chi connectivity index (χ0v) is 12.3. The average Bonchev–Trinajstić information content (AvgIpc) is 2.54. The summed E-state index contributed by atoms with van der Waals surface area (Å²) in [5.41, 5.74) is 2.08. The predicted octanol–water partition coefficient (Wildman–Crippen LogP) is 2.61. The van der Waals surface area contributed by atoms with Crippen LogP contribution in [-0.2, 0) is 11.3 Å². The molecule has 4 nitrogen and oxygen atoms in total. The van der Waals surface area contributed by atoms with E-state index in [9.17, 15) is 4.79 Å². The Hall–Kier alpha value is -2.20. The number of pyridine rings is 1. The van der Waals surface area contributed by atoms with E-state index >= 15 is 0 Å². The quantitative estimate of drug-likeness (QED) is 0.794. The van der Waals surface area contributed by atoms with Gasteiger partial charge in [-0.25, -0.2) is 0 Å². The van der Waals surface area contributed by atoms with Crippen molar-refractivity contribution in [2.75, 3.05) is 18.0 Å². The summed E-state index contributed by atoms with van der Waals surface area (Å²) in [7, 11) is 0. The lowest BCUT2D eigenvalue weighted by atomic mass is 10.2. The van der Waals surface area contributed by atoms with Crippen LogP contribution in [0.15, 0.2) is 54.9 Å². The Morgan fingerprint density at radius 1 is 1.19 bits per heavy atom. The van der Waals surface area contributed by atoms with E-state index in [1.165, 1.54) is 0 Å². The lowest BCUT2D eigenvalue weighted by molar-refractivity contribution is -0.118. The number of carbonyl (C=O) groups is 1. The molecule has 1 heterocycles. The smallest absolute Gasteiger partial charge is 0.228 e. The standard InChI is InChI=1S/C17H21N3O/c1-2-20(16-8-4-3-5-9-16)17(21)10-12-19-14-15-7-6-11-18-13-15/h3-9,11,13,19H,2,10,12,14H2,1H3. The fourth-order valence-electron chi connectivity index (χ4n) is 2.18. The number of amides is 1. The molecule has 0 aliphatic heterocycles. The second-order valence-corrected chi connectivity index (χ2v) is 4.76. The number of rotatable bonds is 7. The van der Waals surface area contributed by atoms with Gasteiger partial charge in [-0.05, 0) is 30.7 Å². The molecule has 0 spiro atoms. The summed E-state index contributed by atoms with van der Waals surface area (Å²) in [4.78, 5) is 18.1. The van der Waals surface area contributed by atoms with Crippen molar-refractivity contribution in [3.05, 3.63) is 60.4 Å². The van der Waals surface area contributed by atoms with Gasteiger partial charge in [-0.2, -0.15) is 0 Å². The van der Waals surface area contributed by atoms with Crippen LogP contribution in [0.4, 0.5) is 5.69 Å². The number of hydrogen-bond donors (Lipinski definition) is 1. The zero-order valence-electron chi connectivity index (χ0n) is 12.3. The minimum absolute atomic E-state index is 0.141. The van der Waals surface area contributed by atoms with Gasteiger partial charge in [-0.3, -0.25) is 9.78 Å². The van der Waals surface area contributed by atoms with Crippen LogP contribution < -0.4 is 10.2 Å². The van der Waals surface area contributed by atoms with Crippen molar-refractivity contribution in [3.63, 3.8) is 0 Å². The summed E-state index contributed by atoms with van der Waals surface area (Å²) in [6, 6.07) is 13.7. The summed E-state index contributed by atoms with van der Waals surface area (Å²) in [6.45, 7) is 4.08. The number of para-hydroxylation sites is 1. The molecule has 0 bridgehead atoms. The number of aromatic nitrogens is 1. The fraction of sp³-hybridized carbons (Fsp3) is 0.294. The molecule has 1 N–H and O–H groups in total. The molecule has 110 valence electrons. The molecule has 0 aliphatic carbocycles. The van der Waals surface area contributed by atoms with Crippen molar-refractivity contribution in [2.24, 2.45) is 0 Å². The molecule has 0 unspecified atom stereocenters.